The maximum Gasteiger partial charge on any atom is 0.252 e. The first-order chi connectivity index (χ1) is 11.2. The van der Waals surface area contributed by atoms with Gasteiger partial charge in [-0.25, -0.2) is 8.42 Å². The highest BCUT2D eigenvalue weighted by molar-refractivity contribution is 7.91. The fourth-order valence-electron chi connectivity index (χ4n) is 2.02. The highest BCUT2D eigenvalue weighted by Crippen LogP contribution is 2.27. The van der Waals surface area contributed by atoms with Crippen LogP contribution in [-0.2, 0) is 14.8 Å². The predicted molar refractivity (Wildman–Crippen MR) is 97.2 cm³/mol. The van der Waals surface area contributed by atoms with Crippen molar-refractivity contribution in [1.29, 1.82) is 0 Å². The van der Waals surface area contributed by atoms with E-state index in [0.29, 0.717) is 9.36 Å². The van der Waals surface area contributed by atoms with E-state index in [1.54, 1.807) is 25.1 Å². The molecule has 1 N–H and O–H groups in total. The maximum atomic E-state index is 12.4. The first kappa shape index (κ1) is 19.2. The fourth-order valence-corrected chi connectivity index (χ4v) is 5.04. The number of rotatable bonds is 6. The fraction of sp³-hybridized carbons (Fsp3) is 0.267. The molecule has 0 saturated carbocycles. The van der Waals surface area contributed by atoms with Crippen LogP contribution in [0.2, 0.25) is 9.36 Å². The Morgan fingerprint density at radius 3 is 2.58 bits per heavy atom. The van der Waals surface area contributed by atoms with Crippen LogP contribution in [0.3, 0.4) is 0 Å². The lowest BCUT2D eigenvalue weighted by Crippen LogP contribution is -2.39. The SMILES string of the molecule is CC(NC(=O)CN(C)S(=O)(=O)c1ccc(Cl)s1)c1cccc(Cl)c1. The van der Waals surface area contributed by atoms with Gasteiger partial charge in [0.2, 0.25) is 5.91 Å². The van der Waals surface area contributed by atoms with Crippen LogP contribution in [0.5, 0.6) is 0 Å². The summed E-state index contributed by atoms with van der Waals surface area (Å²) < 4.78 is 26.2. The number of sulfonamides is 1. The minimum Gasteiger partial charge on any atom is -0.348 e. The monoisotopic (exact) mass is 406 g/mol. The summed E-state index contributed by atoms with van der Waals surface area (Å²) in [5.41, 5.74) is 0.839. The third kappa shape index (κ3) is 4.70. The molecule has 1 heterocycles. The second-order valence-electron chi connectivity index (χ2n) is 5.16. The number of hydrogen-bond acceptors (Lipinski definition) is 4. The van der Waals surface area contributed by atoms with Gasteiger partial charge in [-0.2, -0.15) is 4.31 Å². The zero-order chi connectivity index (χ0) is 17.9. The van der Waals surface area contributed by atoms with E-state index in [4.69, 9.17) is 23.2 Å². The van der Waals surface area contributed by atoms with Crippen molar-refractivity contribution in [2.45, 2.75) is 17.2 Å². The summed E-state index contributed by atoms with van der Waals surface area (Å²) in [6.45, 7) is 1.51. The summed E-state index contributed by atoms with van der Waals surface area (Å²) in [5.74, 6) is -0.406. The number of benzene rings is 1. The zero-order valence-corrected chi connectivity index (χ0v) is 16.1. The summed E-state index contributed by atoms with van der Waals surface area (Å²) in [5, 5.41) is 3.33. The van der Waals surface area contributed by atoms with Gasteiger partial charge in [-0.1, -0.05) is 35.3 Å². The van der Waals surface area contributed by atoms with Gasteiger partial charge in [-0.3, -0.25) is 4.79 Å². The number of likely N-dealkylation sites (N-methyl/N-ethyl adjacent to an activating group) is 1. The van der Waals surface area contributed by atoms with Crippen molar-refractivity contribution in [3.63, 3.8) is 0 Å². The molecular formula is C15H16Cl2N2O3S2. The minimum absolute atomic E-state index is 0.102. The largest absolute Gasteiger partial charge is 0.348 e. The summed E-state index contributed by atoms with van der Waals surface area (Å²) in [6.07, 6.45) is 0. The highest BCUT2D eigenvalue weighted by atomic mass is 35.5. The van der Waals surface area contributed by atoms with Crippen LogP contribution in [0.4, 0.5) is 0 Å². The van der Waals surface area contributed by atoms with Gasteiger partial charge in [0.05, 0.1) is 16.9 Å². The Hall–Kier alpha value is -1.12. The highest BCUT2D eigenvalue weighted by Gasteiger charge is 2.25. The normalized spacial score (nSPS) is 13.0. The zero-order valence-electron chi connectivity index (χ0n) is 13.0. The van der Waals surface area contributed by atoms with Crippen molar-refractivity contribution in [3.8, 4) is 0 Å². The third-order valence-corrected chi connectivity index (χ3v) is 7.04. The van der Waals surface area contributed by atoms with Crippen molar-refractivity contribution < 1.29 is 13.2 Å². The van der Waals surface area contributed by atoms with Crippen molar-refractivity contribution in [1.82, 2.24) is 9.62 Å². The minimum atomic E-state index is -3.73. The van der Waals surface area contributed by atoms with Crippen LogP contribution in [0.25, 0.3) is 0 Å². The van der Waals surface area contributed by atoms with Crippen LogP contribution in [0, 0.1) is 0 Å². The number of nitrogens with one attached hydrogen (secondary N) is 1. The van der Waals surface area contributed by atoms with Gasteiger partial charge in [0.1, 0.15) is 4.21 Å². The van der Waals surface area contributed by atoms with E-state index in [9.17, 15) is 13.2 Å². The lowest BCUT2D eigenvalue weighted by Gasteiger charge is -2.19. The molecule has 0 aliphatic carbocycles. The Kier molecular flexibility index (Phi) is 6.28. The molecule has 0 saturated heterocycles. The Bertz CT molecular complexity index is 837. The Morgan fingerprint density at radius 2 is 2.00 bits per heavy atom. The number of carbonyl (C=O) groups excluding carboxylic acids is 1. The molecule has 1 amide bonds. The smallest absolute Gasteiger partial charge is 0.252 e. The van der Waals surface area contributed by atoms with Crippen LogP contribution < -0.4 is 5.32 Å². The first-order valence-corrected chi connectivity index (χ1v) is 9.98. The first-order valence-electron chi connectivity index (χ1n) is 6.96. The van der Waals surface area contributed by atoms with Crippen LogP contribution in [-0.4, -0.2) is 32.2 Å². The summed E-state index contributed by atoms with van der Waals surface area (Å²) in [7, 11) is -2.38. The van der Waals surface area contributed by atoms with E-state index < -0.39 is 15.9 Å². The standard InChI is InChI=1S/C15H16Cl2N2O3S2/c1-10(11-4-3-5-12(16)8-11)18-14(20)9-19(2)24(21,22)15-7-6-13(17)23-15/h3-8,10H,9H2,1-2H3,(H,18,20). The molecule has 1 aromatic heterocycles. The van der Waals surface area contributed by atoms with E-state index in [1.165, 1.54) is 19.2 Å². The number of hydrogen-bond donors (Lipinski definition) is 1. The van der Waals surface area contributed by atoms with Gasteiger partial charge in [0, 0.05) is 12.1 Å². The molecule has 9 heteroatoms. The summed E-state index contributed by atoms with van der Waals surface area (Å²) >= 11 is 12.7. The van der Waals surface area contributed by atoms with Gasteiger partial charge >= 0.3 is 0 Å². The topological polar surface area (TPSA) is 66.5 Å². The molecule has 130 valence electrons. The molecule has 0 aliphatic heterocycles. The van der Waals surface area contributed by atoms with Gasteiger partial charge in [-0.15, -0.1) is 11.3 Å². The summed E-state index contributed by atoms with van der Waals surface area (Å²) in [6, 6.07) is 9.76. The Labute approximate surface area is 155 Å². The molecular weight excluding hydrogens is 391 g/mol. The molecule has 0 fully saturated rings. The molecule has 0 spiro atoms. The number of amides is 1. The van der Waals surface area contributed by atoms with Crippen LogP contribution in [0.15, 0.2) is 40.6 Å². The molecule has 1 atom stereocenters. The molecule has 0 aliphatic rings. The number of nitrogens with zero attached hydrogens (tertiary/aromatic N) is 1. The van der Waals surface area contributed by atoms with E-state index >= 15 is 0 Å². The van der Waals surface area contributed by atoms with Crippen molar-refractivity contribution >= 4 is 50.5 Å². The van der Waals surface area contributed by atoms with Crippen LogP contribution in [0.1, 0.15) is 18.5 Å². The quantitative estimate of drug-likeness (QED) is 0.797. The van der Waals surface area contributed by atoms with Crippen molar-refractivity contribution in [3.05, 3.63) is 51.3 Å². The van der Waals surface area contributed by atoms with Crippen LogP contribution >= 0.6 is 34.5 Å². The van der Waals surface area contributed by atoms with Crippen molar-refractivity contribution in [2.24, 2.45) is 0 Å². The molecule has 1 unspecified atom stereocenters. The molecule has 1 aromatic carbocycles. The third-order valence-electron chi connectivity index (χ3n) is 3.31. The maximum absolute atomic E-state index is 12.4. The number of halogens is 2. The summed E-state index contributed by atoms with van der Waals surface area (Å²) in [4.78, 5) is 12.1. The van der Waals surface area contributed by atoms with E-state index in [0.717, 1.165) is 21.2 Å². The number of carbonyl (C=O) groups is 1. The van der Waals surface area contributed by atoms with Gasteiger partial charge in [0.25, 0.3) is 10.0 Å². The molecule has 24 heavy (non-hydrogen) atoms. The van der Waals surface area contributed by atoms with E-state index in [-0.39, 0.29) is 16.8 Å². The Morgan fingerprint density at radius 1 is 1.29 bits per heavy atom. The van der Waals surface area contributed by atoms with Crippen molar-refractivity contribution in [2.75, 3.05) is 13.6 Å². The molecule has 0 bridgehead atoms. The lowest BCUT2D eigenvalue weighted by atomic mass is 10.1. The lowest BCUT2D eigenvalue weighted by molar-refractivity contribution is -0.121. The van der Waals surface area contributed by atoms with Gasteiger partial charge in [-0.05, 0) is 36.8 Å². The molecule has 2 rings (SSSR count). The molecule has 2 aromatic rings. The predicted octanol–water partition coefficient (Wildman–Crippen LogP) is 3.55. The van der Waals surface area contributed by atoms with E-state index in [1.807, 2.05) is 6.07 Å². The average molecular weight is 407 g/mol. The second-order valence-corrected chi connectivity index (χ2v) is 9.59. The van der Waals surface area contributed by atoms with Gasteiger partial charge in [0.15, 0.2) is 0 Å². The van der Waals surface area contributed by atoms with Gasteiger partial charge < -0.3 is 5.32 Å². The Balaban J connectivity index is 2.01. The second kappa shape index (κ2) is 7.84. The van der Waals surface area contributed by atoms with E-state index in [2.05, 4.69) is 5.32 Å². The molecule has 5 nitrogen and oxygen atoms in total. The molecule has 0 radical (unpaired) electrons. The number of thiophene rings is 1. The average Bonchev–Trinajstić information content (AvgIpc) is 2.94.